The van der Waals surface area contributed by atoms with Crippen molar-refractivity contribution in [3.05, 3.63) is 22.7 Å². The lowest BCUT2D eigenvalue weighted by Gasteiger charge is -2.33. The van der Waals surface area contributed by atoms with Gasteiger partial charge >= 0.3 is 7.12 Å². The third-order valence-corrected chi connectivity index (χ3v) is 5.86. The van der Waals surface area contributed by atoms with Crippen molar-refractivity contribution < 1.29 is 23.6 Å². The molecule has 2 rings (SSSR count). The Morgan fingerprint density at radius 2 is 1.65 bits per heavy atom. The van der Waals surface area contributed by atoms with Crippen LogP contribution >= 0.6 is 11.6 Å². The summed E-state index contributed by atoms with van der Waals surface area (Å²) in [6.07, 6.45) is 0.796. The molecular formula is C23H37BClNO5. The van der Waals surface area contributed by atoms with E-state index in [1.807, 2.05) is 41.5 Å². The molecule has 1 aromatic rings. The Balaban J connectivity index is 2.43. The number of hydrogen-bond donors (Lipinski definition) is 1. The first-order valence-corrected chi connectivity index (χ1v) is 11.0. The summed E-state index contributed by atoms with van der Waals surface area (Å²) in [7, 11) is 0.867. The average molecular weight is 454 g/mol. The van der Waals surface area contributed by atoms with Crippen molar-refractivity contribution in [3.8, 4) is 5.75 Å². The largest absolute Gasteiger partial charge is 0.494 e. The Morgan fingerprint density at radius 1 is 1.10 bits per heavy atom. The monoisotopic (exact) mass is 453 g/mol. The molecule has 1 aliphatic rings. The molecule has 0 bridgehead atoms. The van der Waals surface area contributed by atoms with Crippen LogP contribution in [0, 0.1) is 5.41 Å². The van der Waals surface area contributed by atoms with Crippen LogP contribution in [-0.2, 0) is 14.0 Å². The summed E-state index contributed by atoms with van der Waals surface area (Å²) in [4.78, 5) is 13.3. The molecule has 1 aliphatic heterocycles. The summed E-state index contributed by atoms with van der Waals surface area (Å²) < 4.78 is 23.0. The number of carbonyl (C=O) groups excluding carboxylic acids is 1. The molecule has 1 amide bonds. The molecule has 0 unspecified atom stereocenters. The van der Waals surface area contributed by atoms with E-state index >= 15 is 0 Å². The smallest absolute Gasteiger partial charge is 0.465 e. The fraction of sp³-hybridized carbons (Fsp3) is 0.696. The van der Waals surface area contributed by atoms with E-state index in [-0.39, 0.29) is 23.9 Å². The van der Waals surface area contributed by atoms with E-state index < -0.39 is 23.9 Å². The number of hydrogen-bond acceptors (Lipinski definition) is 5. The molecule has 1 saturated heterocycles. The van der Waals surface area contributed by atoms with Gasteiger partial charge in [0, 0.05) is 12.6 Å². The molecule has 1 heterocycles. The Labute approximate surface area is 192 Å². The Kier molecular flexibility index (Phi) is 7.48. The zero-order valence-corrected chi connectivity index (χ0v) is 21.3. The molecule has 6 nitrogen and oxygen atoms in total. The first kappa shape index (κ1) is 26.0. The van der Waals surface area contributed by atoms with Crippen LogP contribution < -0.4 is 15.5 Å². The molecule has 174 valence electrons. The van der Waals surface area contributed by atoms with E-state index in [0.29, 0.717) is 16.0 Å². The van der Waals surface area contributed by atoms with Gasteiger partial charge in [0.2, 0.25) is 0 Å². The van der Waals surface area contributed by atoms with Crippen molar-refractivity contribution in [1.82, 2.24) is 5.32 Å². The van der Waals surface area contributed by atoms with Gasteiger partial charge in [0.25, 0.3) is 5.91 Å². The van der Waals surface area contributed by atoms with Crippen LogP contribution in [0.4, 0.5) is 0 Å². The number of carbonyl (C=O) groups is 1. The van der Waals surface area contributed by atoms with E-state index in [9.17, 15) is 4.79 Å². The van der Waals surface area contributed by atoms with Gasteiger partial charge < -0.3 is 24.1 Å². The van der Waals surface area contributed by atoms with Crippen LogP contribution in [0.15, 0.2) is 12.1 Å². The topological polar surface area (TPSA) is 66.0 Å². The van der Waals surface area contributed by atoms with Crippen LogP contribution in [-0.4, -0.2) is 43.7 Å². The predicted molar refractivity (Wildman–Crippen MR) is 125 cm³/mol. The second-order valence-electron chi connectivity index (χ2n) is 11.1. The van der Waals surface area contributed by atoms with Gasteiger partial charge in [-0.05, 0) is 71.0 Å². The van der Waals surface area contributed by atoms with Gasteiger partial charge in [0.05, 0.1) is 21.8 Å². The van der Waals surface area contributed by atoms with Gasteiger partial charge in [-0.15, -0.1) is 0 Å². The Hall–Kier alpha value is -1.28. The van der Waals surface area contributed by atoms with Gasteiger partial charge in [0.15, 0.2) is 12.5 Å². The maximum Gasteiger partial charge on any atom is 0.494 e. The number of ether oxygens (including phenoxy) is 2. The molecule has 0 saturated carbocycles. The molecule has 1 aromatic carbocycles. The lowest BCUT2D eigenvalue weighted by Crippen LogP contribution is -2.46. The summed E-state index contributed by atoms with van der Waals surface area (Å²) >= 11 is 6.54. The standard InChI is InChI=1S/C23H37BClNO5/c1-20(2,3)13-21(4,5)26-19(27)16-11-15(12-17(25)18(16)29-14-28-10)24-30-22(6,7)23(8,9)31-24/h11-12H,13-14H2,1-10H3,(H,26,27). The molecule has 1 fully saturated rings. The summed E-state index contributed by atoms with van der Waals surface area (Å²) in [5, 5.41) is 3.42. The SMILES string of the molecule is COCOc1c(Cl)cc(B2OC(C)(C)C(C)(C)O2)cc1C(=O)NC(C)(C)CC(C)(C)C. The van der Waals surface area contributed by atoms with Crippen molar-refractivity contribution in [2.75, 3.05) is 13.9 Å². The van der Waals surface area contributed by atoms with Gasteiger partial charge in [-0.2, -0.15) is 0 Å². The van der Waals surface area contributed by atoms with Crippen molar-refractivity contribution in [3.63, 3.8) is 0 Å². The van der Waals surface area contributed by atoms with Crippen molar-refractivity contribution in [2.45, 2.75) is 85.5 Å². The maximum atomic E-state index is 13.3. The normalized spacial score (nSPS) is 18.2. The number of nitrogens with one attached hydrogen (secondary N) is 1. The van der Waals surface area contributed by atoms with E-state index in [0.717, 1.165) is 6.42 Å². The molecule has 8 heteroatoms. The van der Waals surface area contributed by atoms with Crippen LogP contribution in [0.5, 0.6) is 5.75 Å². The first-order chi connectivity index (χ1) is 14.0. The van der Waals surface area contributed by atoms with Crippen LogP contribution in [0.25, 0.3) is 0 Å². The number of amides is 1. The van der Waals surface area contributed by atoms with Gasteiger partial charge in [-0.1, -0.05) is 32.4 Å². The molecule has 0 radical (unpaired) electrons. The lowest BCUT2D eigenvalue weighted by molar-refractivity contribution is 0.00578. The summed E-state index contributed by atoms with van der Waals surface area (Å²) in [6.45, 7) is 18.3. The van der Waals surface area contributed by atoms with E-state index in [1.165, 1.54) is 7.11 Å². The fourth-order valence-electron chi connectivity index (χ4n) is 3.91. The third-order valence-electron chi connectivity index (χ3n) is 5.58. The fourth-order valence-corrected chi connectivity index (χ4v) is 4.19. The second kappa shape index (κ2) is 8.93. The highest BCUT2D eigenvalue weighted by atomic mass is 35.5. The van der Waals surface area contributed by atoms with E-state index in [4.69, 9.17) is 30.4 Å². The quantitative estimate of drug-likeness (QED) is 0.484. The van der Waals surface area contributed by atoms with Gasteiger partial charge in [-0.3, -0.25) is 4.79 Å². The minimum Gasteiger partial charge on any atom is -0.465 e. The van der Waals surface area contributed by atoms with Gasteiger partial charge in [0.1, 0.15) is 0 Å². The summed E-state index contributed by atoms with van der Waals surface area (Å²) in [5.74, 6) is -0.00605. The second-order valence-corrected chi connectivity index (χ2v) is 11.5. The maximum absolute atomic E-state index is 13.3. The van der Waals surface area contributed by atoms with Crippen LogP contribution in [0.1, 0.15) is 79.1 Å². The third kappa shape index (κ3) is 6.38. The summed E-state index contributed by atoms with van der Waals surface area (Å²) in [5.41, 5.74) is -0.419. The molecule has 0 atom stereocenters. The number of methoxy groups -OCH3 is 1. The molecule has 31 heavy (non-hydrogen) atoms. The minimum atomic E-state index is -0.645. The van der Waals surface area contributed by atoms with Crippen molar-refractivity contribution in [1.29, 1.82) is 0 Å². The van der Waals surface area contributed by atoms with E-state index in [1.54, 1.807) is 12.1 Å². The molecular weight excluding hydrogens is 417 g/mol. The van der Waals surface area contributed by atoms with Crippen molar-refractivity contribution >= 4 is 30.1 Å². The predicted octanol–water partition coefficient (Wildman–Crippen LogP) is 4.57. The highest BCUT2D eigenvalue weighted by Gasteiger charge is 2.52. The summed E-state index contributed by atoms with van der Waals surface area (Å²) in [6, 6.07) is 3.44. The van der Waals surface area contributed by atoms with E-state index in [2.05, 4.69) is 26.1 Å². The zero-order chi connectivity index (χ0) is 23.8. The Morgan fingerprint density at radius 3 is 2.13 bits per heavy atom. The number of rotatable bonds is 7. The van der Waals surface area contributed by atoms with Crippen LogP contribution in [0.2, 0.25) is 5.02 Å². The Bertz CT molecular complexity index is 801. The highest BCUT2D eigenvalue weighted by Crippen LogP contribution is 2.38. The lowest BCUT2D eigenvalue weighted by atomic mass is 9.78. The highest BCUT2D eigenvalue weighted by molar-refractivity contribution is 6.62. The molecule has 0 aliphatic carbocycles. The zero-order valence-electron chi connectivity index (χ0n) is 20.6. The first-order valence-electron chi connectivity index (χ1n) is 10.6. The molecule has 1 N–H and O–H groups in total. The van der Waals surface area contributed by atoms with Crippen molar-refractivity contribution in [2.24, 2.45) is 5.41 Å². The number of benzene rings is 1. The average Bonchev–Trinajstić information content (AvgIpc) is 2.78. The minimum absolute atomic E-state index is 0.0266. The van der Waals surface area contributed by atoms with Crippen LogP contribution in [0.3, 0.4) is 0 Å². The molecule has 0 aromatic heterocycles. The molecule has 0 spiro atoms. The van der Waals surface area contributed by atoms with Gasteiger partial charge in [-0.25, -0.2) is 0 Å². The number of halogens is 1.